The van der Waals surface area contributed by atoms with Crippen molar-refractivity contribution in [3.8, 4) is 0 Å². The van der Waals surface area contributed by atoms with Crippen LogP contribution < -0.4 is 5.73 Å². The summed E-state index contributed by atoms with van der Waals surface area (Å²) in [5.74, 6) is 0. The van der Waals surface area contributed by atoms with E-state index in [4.69, 9.17) is 10.8 Å². The van der Waals surface area contributed by atoms with Crippen LogP contribution in [0, 0.1) is 5.41 Å². The van der Waals surface area contributed by atoms with Crippen molar-refractivity contribution >= 4 is 28.3 Å². The van der Waals surface area contributed by atoms with E-state index >= 15 is 0 Å². The average molecular weight is 296 g/mol. The third-order valence-corrected chi connectivity index (χ3v) is 2.79. The molecule has 0 unspecified atom stereocenters. The number of hydrogen-bond donors (Lipinski definition) is 2. The molecule has 0 saturated heterocycles. The number of aliphatic hydroxyl groups is 1. The van der Waals surface area contributed by atoms with Gasteiger partial charge in [-0.2, -0.15) is 0 Å². The molecule has 0 bridgehead atoms. The maximum atomic E-state index is 9.16. The standard InChI is InChI=1S/C10H15BrN2O.ClH/c1-10(2,6-14)9(12)8-4-3-7(11)5-13-8;/h3-5,9,14H,6,12H2,1-2H3;1H/t9-;/m1./s1. The molecule has 1 heterocycles. The predicted molar refractivity (Wildman–Crippen MR) is 67.0 cm³/mol. The van der Waals surface area contributed by atoms with Crippen LogP contribution in [0.25, 0.3) is 0 Å². The molecule has 15 heavy (non-hydrogen) atoms. The summed E-state index contributed by atoms with van der Waals surface area (Å²) in [6.07, 6.45) is 1.71. The minimum Gasteiger partial charge on any atom is -0.396 e. The highest BCUT2D eigenvalue weighted by Crippen LogP contribution is 2.29. The molecule has 0 saturated carbocycles. The second-order valence-electron chi connectivity index (χ2n) is 4.03. The van der Waals surface area contributed by atoms with Crippen LogP contribution in [0.15, 0.2) is 22.8 Å². The fourth-order valence-corrected chi connectivity index (χ4v) is 1.30. The molecule has 0 aliphatic carbocycles. The van der Waals surface area contributed by atoms with Crippen LogP contribution in [0.3, 0.4) is 0 Å². The van der Waals surface area contributed by atoms with Crippen molar-refractivity contribution in [1.29, 1.82) is 0 Å². The number of nitrogens with two attached hydrogens (primary N) is 1. The molecule has 1 atom stereocenters. The third kappa shape index (κ3) is 3.72. The molecule has 0 aromatic carbocycles. The van der Waals surface area contributed by atoms with Gasteiger partial charge in [-0.25, -0.2) is 0 Å². The Morgan fingerprint density at radius 2 is 2.13 bits per heavy atom. The molecule has 1 aromatic rings. The van der Waals surface area contributed by atoms with Gasteiger partial charge in [0.15, 0.2) is 0 Å². The summed E-state index contributed by atoms with van der Waals surface area (Å²) < 4.78 is 0.926. The molecule has 3 nitrogen and oxygen atoms in total. The van der Waals surface area contributed by atoms with Crippen LogP contribution in [0.1, 0.15) is 25.6 Å². The number of hydrogen-bond acceptors (Lipinski definition) is 3. The van der Waals surface area contributed by atoms with Crippen LogP contribution in [0.5, 0.6) is 0 Å². The first-order chi connectivity index (χ1) is 6.47. The first kappa shape index (κ1) is 14.8. The zero-order chi connectivity index (χ0) is 10.8. The van der Waals surface area contributed by atoms with E-state index in [9.17, 15) is 0 Å². The summed E-state index contributed by atoms with van der Waals surface area (Å²) in [7, 11) is 0. The highest BCUT2D eigenvalue weighted by atomic mass is 79.9. The third-order valence-electron chi connectivity index (χ3n) is 2.32. The second kappa shape index (κ2) is 5.80. The Bertz CT molecular complexity index is 303. The Labute approximate surface area is 105 Å². The monoisotopic (exact) mass is 294 g/mol. The quantitative estimate of drug-likeness (QED) is 0.899. The van der Waals surface area contributed by atoms with Crippen LogP contribution in [0.2, 0.25) is 0 Å². The largest absolute Gasteiger partial charge is 0.396 e. The lowest BCUT2D eigenvalue weighted by Gasteiger charge is -2.28. The van der Waals surface area contributed by atoms with Gasteiger partial charge in [0.05, 0.1) is 18.3 Å². The molecule has 0 aliphatic heterocycles. The van der Waals surface area contributed by atoms with Gasteiger partial charge in [-0.05, 0) is 28.1 Å². The minimum absolute atomic E-state index is 0. The highest BCUT2D eigenvalue weighted by Gasteiger charge is 2.27. The first-order valence-corrected chi connectivity index (χ1v) is 5.24. The molecular weight excluding hydrogens is 279 g/mol. The Morgan fingerprint density at radius 3 is 2.53 bits per heavy atom. The summed E-state index contributed by atoms with van der Waals surface area (Å²) in [5.41, 5.74) is 6.45. The van der Waals surface area contributed by atoms with E-state index in [1.54, 1.807) is 6.20 Å². The van der Waals surface area contributed by atoms with E-state index in [1.807, 2.05) is 26.0 Å². The fourth-order valence-electron chi connectivity index (χ4n) is 1.07. The number of pyridine rings is 1. The van der Waals surface area contributed by atoms with Crippen LogP contribution in [-0.4, -0.2) is 16.7 Å². The van der Waals surface area contributed by atoms with E-state index in [2.05, 4.69) is 20.9 Å². The lowest BCUT2D eigenvalue weighted by Crippen LogP contribution is -2.32. The van der Waals surface area contributed by atoms with Gasteiger partial charge in [0.25, 0.3) is 0 Å². The van der Waals surface area contributed by atoms with Gasteiger partial charge < -0.3 is 10.8 Å². The Balaban J connectivity index is 0.00000196. The van der Waals surface area contributed by atoms with Crippen LogP contribution in [0.4, 0.5) is 0 Å². The molecule has 0 aliphatic rings. The molecule has 1 aromatic heterocycles. The van der Waals surface area contributed by atoms with Crippen LogP contribution >= 0.6 is 28.3 Å². The molecule has 0 radical (unpaired) electrons. The van der Waals surface area contributed by atoms with E-state index in [0.29, 0.717) is 0 Å². The number of aliphatic hydroxyl groups excluding tert-OH is 1. The second-order valence-corrected chi connectivity index (χ2v) is 4.94. The Hall–Kier alpha value is -0.160. The zero-order valence-electron chi connectivity index (χ0n) is 8.77. The minimum atomic E-state index is -0.346. The summed E-state index contributed by atoms with van der Waals surface area (Å²) in [5, 5.41) is 9.16. The van der Waals surface area contributed by atoms with Gasteiger partial charge in [-0.3, -0.25) is 4.98 Å². The summed E-state index contributed by atoms with van der Waals surface area (Å²) in [6.45, 7) is 3.88. The van der Waals surface area contributed by atoms with Crippen molar-refractivity contribution in [2.24, 2.45) is 11.1 Å². The van der Waals surface area contributed by atoms with Gasteiger partial charge >= 0.3 is 0 Å². The smallest absolute Gasteiger partial charge is 0.0578 e. The van der Waals surface area contributed by atoms with Gasteiger partial charge in [0.1, 0.15) is 0 Å². The first-order valence-electron chi connectivity index (χ1n) is 4.45. The van der Waals surface area contributed by atoms with E-state index in [0.717, 1.165) is 10.2 Å². The Kier molecular flexibility index (Phi) is 5.73. The Morgan fingerprint density at radius 1 is 1.53 bits per heavy atom. The molecule has 0 amide bonds. The van der Waals surface area contributed by atoms with E-state index in [1.165, 1.54) is 0 Å². The van der Waals surface area contributed by atoms with Crippen molar-refractivity contribution < 1.29 is 5.11 Å². The van der Waals surface area contributed by atoms with E-state index < -0.39 is 0 Å². The normalized spacial score (nSPS) is 13.1. The van der Waals surface area contributed by atoms with Crippen molar-refractivity contribution in [1.82, 2.24) is 4.98 Å². The van der Waals surface area contributed by atoms with Crippen molar-refractivity contribution in [2.45, 2.75) is 19.9 Å². The summed E-state index contributed by atoms with van der Waals surface area (Å²) in [6, 6.07) is 3.52. The zero-order valence-corrected chi connectivity index (χ0v) is 11.2. The molecule has 86 valence electrons. The maximum absolute atomic E-state index is 9.16. The van der Waals surface area contributed by atoms with Gasteiger partial charge in [-0.15, -0.1) is 12.4 Å². The van der Waals surface area contributed by atoms with Crippen molar-refractivity contribution in [2.75, 3.05) is 6.61 Å². The number of aromatic nitrogens is 1. The number of halogens is 2. The molecule has 5 heteroatoms. The summed E-state index contributed by atoms with van der Waals surface area (Å²) in [4.78, 5) is 4.21. The predicted octanol–water partition coefficient (Wildman–Crippen LogP) is 2.28. The highest BCUT2D eigenvalue weighted by molar-refractivity contribution is 9.10. The van der Waals surface area contributed by atoms with Crippen LogP contribution in [-0.2, 0) is 0 Å². The molecule has 0 spiro atoms. The van der Waals surface area contributed by atoms with Crippen molar-refractivity contribution in [3.63, 3.8) is 0 Å². The fraction of sp³-hybridized carbons (Fsp3) is 0.500. The topological polar surface area (TPSA) is 59.1 Å². The summed E-state index contributed by atoms with van der Waals surface area (Å²) >= 11 is 3.31. The molecule has 3 N–H and O–H groups in total. The number of rotatable bonds is 3. The van der Waals surface area contributed by atoms with E-state index in [-0.39, 0.29) is 30.5 Å². The van der Waals surface area contributed by atoms with Gasteiger partial charge in [-0.1, -0.05) is 13.8 Å². The lowest BCUT2D eigenvalue weighted by atomic mass is 9.84. The molecule has 0 fully saturated rings. The molecular formula is C10H16BrClN2O. The van der Waals surface area contributed by atoms with Gasteiger partial charge in [0, 0.05) is 16.1 Å². The molecule has 1 rings (SSSR count). The SMILES string of the molecule is CC(C)(CO)[C@H](N)c1ccc(Br)cn1.Cl. The number of nitrogens with zero attached hydrogens (tertiary/aromatic N) is 1. The lowest BCUT2D eigenvalue weighted by molar-refractivity contribution is 0.130. The average Bonchev–Trinajstić information content (AvgIpc) is 2.18. The van der Waals surface area contributed by atoms with Gasteiger partial charge in [0.2, 0.25) is 0 Å². The maximum Gasteiger partial charge on any atom is 0.0578 e. The van der Waals surface area contributed by atoms with Crippen molar-refractivity contribution in [3.05, 3.63) is 28.5 Å².